The van der Waals surface area contributed by atoms with E-state index in [9.17, 15) is 0 Å². The van der Waals surface area contributed by atoms with Gasteiger partial charge in [0, 0.05) is 23.0 Å². The molecule has 0 radical (unpaired) electrons. The molecule has 2 unspecified atom stereocenters. The molecular formula is C16H19NS. The summed E-state index contributed by atoms with van der Waals surface area (Å²) in [5.74, 6) is 0.667. The van der Waals surface area contributed by atoms with Crippen molar-refractivity contribution in [2.75, 3.05) is 5.32 Å². The molecule has 0 spiro atoms. The fourth-order valence-electron chi connectivity index (χ4n) is 2.96. The van der Waals surface area contributed by atoms with Crippen LogP contribution in [0.1, 0.15) is 37.2 Å². The lowest BCUT2D eigenvalue weighted by molar-refractivity contribution is 0.405. The normalized spacial score (nSPS) is 23.8. The Kier molecular flexibility index (Phi) is 3.65. The monoisotopic (exact) mass is 257 g/mol. The number of anilines is 1. The topological polar surface area (TPSA) is 12.0 Å². The van der Waals surface area contributed by atoms with E-state index >= 15 is 0 Å². The molecule has 18 heavy (non-hydrogen) atoms. The van der Waals surface area contributed by atoms with Crippen molar-refractivity contribution in [2.45, 2.75) is 37.6 Å². The summed E-state index contributed by atoms with van der Waals surface area (Å²) in [5.41, 5.74) is 2.78. The molecule has 1 heterocycles. The van der Waals surface area contributed by atoms with E-state index in [1.807, 2.05) is 0 Å². The highest BCUT2D eigenvalue weighted by atomic mass is 32.1. The third-order valence-corrected chi connectivity index (χ3v) is 4.55. The van der Waals surface area contributed by atoms with Gasteiger partial charge in [-0.1, -0.05) is 43.2 Å². The van der Waals surface area contributed by atoms with Gasteiger partial charge >= 0.3 is 0 Å². The van der Waals surface area contributed by atoms with Gasteiger partial charge in [-0.15, -0.1) is 0 Å². The number of hydrogen-bond donors (Lipinski definition) is 1. The lowest BCUT2D eigenvalue weighted by Gasteiger charge is -2.33. The van der Waals surface area contributed by atoms with E-state index in [-0.39, 0.29) is 0 Å². The summed E-state index contributed by atoms with van der Waals surface area (Å²) in [6, 6.07) is 13.7. The number of rotatable bonds is 3. The summed E-state index contributed by atoms with van der Waals surface area (Å²) in [6.45, 7) is 0. The zero-order chi connectivity index (χ0) is 12.2. The van der Waals surface area contributed by atoms with Crippen LogP contribution in [0, 0.1) is 0 Å². The van der Waals surface area contributed by atoms with E-state index in [0.29, 0.717) is 12.0 Å². The molecule has 94 valence electrons. The van der Waals surface area contributed by atoms with Crippen LogP contribution in [0.5, 0.6) is 0 Å². The fourth-order valence-corrected chi connectivity index (χ4v) is 3.56. The van der Waals surface area contributed by atoms with Gasteiger partial charge in [0.15, 0.2) is 0 Å². The Balaban J connectivity index is 1.78. The van der Waals surface area contributed by atoms with Crippen LogP contribution in [0.15, 0.2) is 47.2 Å². The first-order valence-electron chi connectivity index (χ1n) is 6.77. The van der Waals surface area contributed by atoms with E-state index < -0.39 is 0 Å². The van der Waals surface area contributed by atoms with Crippen molar-refractivity contribution in [1.29, 1.82) is 0 Å². The molecule has 2 aromatic rings. The van der Waals surface area contributed by atoms with Gasteiger partial charge in [-0.05, 0) is 29.9 Å². The van der Waals surface area contributed by atoms with Gasteiger partial charge in [-0.2, -0.15) is 11.3 Å². The van der Waals surface area contributed by atoms with Crippen molar-refractivity contribution in [3.8, 4) is 0 Å². The molecule has 1 aliphatic rings. The summed E-state index contributed by atoms with van der Waals surface area (Å²) in [5, 5.41) is 8.07. The number of nitrogens with one attached hydrogen (secondary N) is 1. The quantitative estimate of drug-likeness (QED) is 0.825. The first kappa shape index (κ1) is 11.8. The molecule has 0 bridgehead atoms. The van der Waals surface area contributed by atoms with Crippen LogP contribution in [-0.4, -0.2) is 6.04 Å². The smallest absolute Gasteiger partial charge is 0.0451 e. The lowest BCUT2D eigenvalue weighted by Crippen LogP contribution is -2.30. The van der Waals surface area contributed by atoms with Crippen molar-refractivity contribution >= 4 is 17.0 Å². The van der Waals surface area contributed by atoms with Gasteiger partial charge in [-0.3, -0.25) is 0 Å². The molecule has 1 nitrogen and oxygen atoms in total. The Morgan fingerprint density at radius 3 is 2.61 bits per heavy atom. The number of thiophene rings is 1. The van der Waals surface area contributed by atoms with E-state index in [1.165, 1.54) is 36.9 Å². The standard InChI is InChI=1S/C16H19NS/c1-2-6-13(7-3-1)15-8-4-5-9-16(15)17-14-10-11-18-12-14/h1-3,6-7,10-12,15-17H,4-5,8-9H2. The minimum Gasteiger partial charge on any atom is -0.381 e. The summed E-state index contributed by atoms with van der Waals surface area (Å²) < 4.78 is 0. The fraction of sp³-hybridized carbons (Fsp3) is 0.375. The van der Waals surface area contributed by atoms with E-state index in [1.54, 1.807) is 11.3 Å². The Hall–Kier alpha value is -1.28. The average Bonchev–Trinajstić information content (AvgIpc) is 2.93. The highest BCUT2D eigenvalue weighted by molar-refractivity contribution is 7.08. The van der Waals surface area contributed by atoms with Crippen LogP contribution in [0.2, 0.25) is 0 Å². The molecule has 1 aliphatic carbocycles. The summed E-state index contributed by atoms with van der Waals surface area (Å²) >= 11 is 1.76. The largest absolute Gasteiger partial charge is 0.381 e. The van der Waals surface area contributed by atoms with Crippen LogP contribution in [-0.2, 0) is 0 Å². The van der Waals surface area contributed by atoms with Crippen molar-refractivity contribution in [2.24, 2.45) is 0 Å². The predicted octanol–water partition coefficient (Wildman–Crippen LogP) is 4.89. The number of benzene rings is 1. The van der Waals surface area contributed by atoms with Gasteiger partial charge in [-0.25, -0.2) is 0 Å². The van der Waals surface area contributed by atoms with Crippen molar-refractivity contribution in [3.05, 3.63) is 52.7 Å². The second kappa shape index (κ2) is 5.57. The van der Waals surface area contributed by atoms with Gasteiger partial charge in [0.2, 0.25) is 0 Å². The van der Waals surface area contributed by atoms with E-state index in [2.05, 4.69) is 52.5 Å². The maximum Gasteiger partial charge on any atom is 0.0451 e. The Bertz CT molecular complexity index is 463. The van der Waals surface area contributed by atoms with Gasteiger partial charge in [0.25, 0.3) is 0 Å². The van der Waals surface area contributed by atoms with Crippen LogP contribution in [0.4, 0.5) is 5.69 Å². The highest BCUT2D eigenvalue weighted by Crippen LogP contribution is 2.35. The maximum atomic E-state index is 3.72. The van der Waals surface area contributed by atoms with E-state index in [4.69, 9.17) is 0 Å². The summed E-state index contributed by atoms with van der Waals surface area (Å²) in [6.07, 6.45) is 5.31. The molecule has 0 aliphatic heterocycles. The lowest BCUT2D eigenvalue weighted by atomic mass is 9.80. The molecule has 2 heteroatoms. The van der Waals surface area contributed by atoms with Gasteiger partial charge < -0.3 is 5.32 Å². The Morgan fingerprint density at radius 1 is 1.00 bits per heavy atom. The third-order valence-electron chi connectivity index (χ3n) is 3.87. The molecule has 1 N–H and O–H groups in total. The van der Waals surface area contributed by atoms with Crippen molar-refractivity contribution in [1.82, 2.24) is 0 Å². The predicted molar refractivity (Wildman–Crippen MR) is 79.4 cm³/mol. The van der Waals surface area contributed by atoms with Crippen LogP contribution >= 0.6 is 11.3 Å². The molecule has 1 fully saturated rings. The molecular weight excluding hydrogens is 238 g/mol. The van der Waals surface area contributed by atoms with Crippen molar-refractivity contribution in [3.63, 3.8) is 0 Å². The average molecular weight is 257 g/mol. The van der Waals surface area contributed by atoms with Gasteiger partial charge in [0.1, 0.15) is 0 Å². The Morgan fingerprint density at radius 2 is 1.83 bits per heavy atom. The SMILES string of the molecule is c1ccc(C2CCCCC2Nc2ccsc2)cc1. The summed E-state index contributed by atoms with van der Waals surface area (Å²) in [7, 11) is 0. The van der Waals surface area contributed by atoms with Crippen LogP contribution < -0.4 is 5.32 Å². The molecule has 1 aromatic carbocycles. The second-order valence-corrected chi connectivity index (χ2v) is 5.84. The highest BCUT2D eigenvalue weighted by Gasteiger charge is 2.26. The zero-order valence-corrected chi connectivity index (χ0v) is 11.3. The Labute approximate surface area is 113 Å². The minimum atomic E-state index is 0.593. The van der Waals surface area contributed by atoms with Gasteiger partial charge in [0.05, 0.1) is 0 Å². The van der Waals surface area contributed by atoms with E-state index in [0.717, 1.165) is 0 Å². The zero-order valence-electron chi connectivity index (χ0n) is 10.5. The molecule has 0 saturated heterocycles. The molecule has 2 atom stereocenters. The first-order chi connectivity index (χ1) is 8.93. The third kappa shape index (κ3) is 2.59. The molecule has 3 rings (SSSR count). The molecule has 1 aromatic heterocycles. The second-order valence-electron chi connectivity index (χ2n) is 5.06. The summed E-state index contributed by atoms with van der Waals surface area (Å²) in [4.78, 5) is 0. The maximum absolute atomic E-state index is 3.72. The molecule has 0 amide bonds. The van der Waals surface area contributed by atoms with Crippen LogP contribution in [0.25, 0.3) is 0 Å². The first-order valence-corrected chi connectivity index (χ1v) is 7.71. The van der Waals surface area contributed by atoms with Crippen LogP contribution in [0.3, 0.4) is 0 Å². The van der Waals surface area contributed by atoms with Crippen molar-refractivity contribution < 1.29 is 0 Å². The number of hydrogen-bond acceptors (Lipinski definition) is 2. The molecule has 1 saturated carbocycles. The minimum absolute atomic E-state index is 0.593.